The van der Waals surface area contributed by atoms with Gasteiger partial charge >= 0.3 is 0 Å². The highest BCUT2D eigenvalue weighted by Crippen LogP contribution is 2.28. The molecule has 0 N–H and O–H groups in total. The molecule has 0 fully saturated rings. The third kappa shape index (κ3) is 5.67. The van der Waals surface area contributed by atoms with Crippen LogP contribution >= 0.6 is 15.9 Å². The van der Waals surface area contributed by atoms with Crippen LogP contribution in [-0.2, 0) is 0 Å². The Morgan fingerprint density at radius 2 is 1.76 bits per heavy atom. The van der Waals surface area contributed by atoms with Crippen molar-refractivity contribution in [2.24, 2.45) is 0 Å². The Balaban J connectivity index is 2.25. The Labute approximate surface area is 114 Å². The van der Waals surface area contributed by atoms with Gasteiger partial charge in [-0.3, -0.25) is 4.98 Å². The van der Waals surface area contributed by atoms with Gasteiger partial charge < -0.3 is 0 Å². The molecule has 0 spiro atoms. The van der Waals surface area contributed by atoms with Gasteiger partial charge in [-0.25, -0.2) is 0 Å². The number of unbranched alkanes of at least 4 members (excludes halogenated alkanes) is 4. The van der Waals surface area contributed by atoms with Crippen molar-refractivity contribution in [3.05, 3.63) is 30.1 Å². The number of rotatable bonds is 8. The van der Waals surface area contributed by atoms with E-state index in [0.29, 0.717) is 10.7 Å². The van der Waals surface area contributed by atoms with E-state index in [4.69, 9.17) is 0 Å². The minimum absolute atomic E-state index is 0.573. The van der Waals surface area contributed by atoms with Crippen molar-refractivity contribution in [3.63, 3.8) is 0 Å². The largest absolute Gasteiger partial charge is 0.265 e. The van der Waals surface area contributed by atoms with Crippen LogP contribution in [0.5, 0.6) is 0 Å². The average molecular weight is 298 g/mol. The third-order valence-corrected chi connectivity index (χ3v) is 4.61. The molecule has 0 bridgehead atoms. The summed E-state index contributed by atoms with van der Waals surface area (Å²) in [4.78, 5) is 4.66. The lowest BCUT2D eigenvalue weighted by Crippen LogP contribution is -2.09. The summed E-state index contributed by atoms with van der Waals surface area (Å²) in [7, 11) is 0. The average Bonchev–Trinajstić information content (AvgIpc) is 2.38. The maximum absolute atomic E-state index is 4.07. The summed E-state index contributed by atoms with van der Waals surface area (Å²) in [5, 5.41) is 0. The summed E-state index contributed by atoms with van der Waals surface area (Å²) in [6.07, 6.45) is 11.8. The monoisotopic (exact) mass is 297 g/mol. The molecule has 1 aromatic rings. The number of halogens is 1. The zero-order chi connectivity index (χ0) is 12.5. The van der Waals surface area contributed by atoms with Crippen LogP contribution in [0.2, 0.25) is 0 Å². The van der Waals surface area contributed by atoms with Crippen molar-refractivity contribution in [1.29, 1.82) is 0 Å². The van der Waals surface area contributed by atoms with Crippen molar-refractivity contribution in [2.45, 2.75) is 63.1 Å². The molecule has 0 saturated heterocycles. The second-order valence-corrected chi connectivity index (χ2v) is 5.96. The molecule has 96 valence electrons. The van der Waals surface area contributed by atoms with Crippen molar-refractivity contribution >= 4 is 15.9 Å². The Bertz CT molecular complexity index is 286. The molecule has 0 aromatic carbocycles. The molecular weight excluding hydrogens is 274 g/mol. The van der Waals surface area contributed by atoms with Gasteiger partial charge in [0.25, 0.3) is 0 Å². The fraction of sp³-hybridized carbons (Fsp3) is 0.667. The molecule has 2 heteroatoms. The molecule has 2 atom stereocenters. The van der Waals surface area contributed by atoms with Gasteiger partial charge in [-0.15, -0.1) is 0 Å². The zero-order valence-electron chi connectivity index (χ0n) is 11.0. The first-order valence-electron chi connectivity index (χ1n) is 6.79. The second-order valence-electron chi connectivity index (χ2n) is 4.79. The quantitative estimate of drug-likeness (QED) is 0.468. The van der Waals surface area contributed by atoms with Crippen LogP contribution in [0.3, 0.4) is 0 Å². The van der Waals surface area contributed by atoms with E-state index >= 15 is 0 Å². The van der Waals surface area contributed by atoms with Gasteiger partial charge in [-0.2, -0.15) is 0 Å². The van der Waals surface area contributed by atoms with Crippen LogP contribution in [0.1, 0.15) is 63.9 Å². The van der Waals surface area contributed by atoms with Crippen LogP contribution in [-0.4, -0.2) is 9.81 Å². The molecule has 1 nitrogen and oxygen atoms in total. The second kappa shape index (κ2) is 8.68. The highest BCUT2D eigenvalue weighted by Gasteiger charge is 2.15. The molecule has 2 unspecified atom stereocenters. The number of hydrogen-bond donors (Lipinski definition) is 0. The summed E-state index contributed by atoms with van der Waals surface area (Å²) >= 11 is 3.83. The molecule has 0 aliphatic heterocycles. The van der Waals surface area contributed by atoms with Gasteiger partial charge in [0.05, 0.1) is 0 Å². The molecule has 0 amide bonds. The molecule has 1 aromatic heterocycles. The van der Waals surface area contributed by atoms with Gasteiger partial charge in [-0.05, 0) is 30.0 Å². The normalized spacial score (nSPS) is 14.5. The number of nitrogens with zero attached hydrogens (tertiary/aromatic N) is 1. The molecule has 1 rings (SSSR count). The highest BCUT2D eigenvalue weighted by molar-refractivity contribution is 9.09. The highest BCUT2D eigenvalue weighted by atomic mass is 79.9. The van der Waals surface area contributed by atoms with Gasteiger partial charge in [0.2, 0.25) is 0 Å². The minimum atomic E-state index is 0.573. The third-order valence-electron chi connectivity index (χ3n) is 3.36. The number of aromatic nitrogens is 1. The van der Waals surface area contributed by atoms with E-state index < -0.39 is 0 Å². The lowest BCUT2D eigenvalue weighted by Gasteiger charge is -2.18. The summed E-state index contributed by atoms with van der Waals surface area (Å²) in [6, 6.07) is 4.24. The van der Waals surface area contributed by atoms with Crippen molar-refractivity contribution in [2.75, 3.05) is 0 Å². The Hall–Kier alpha value is -0.370. The van der Waals surface area contributed by atoms with E-state index in [-0.39, 0.29) is 0 Å². The summed E-state index contributed by atoms with van der Waals surface area (Å²) in [5.41, 5.74) is 1.38. The molecule has 1 heterocycles. The summed E-state index contributed by atoms with van der Waals surface area (Å²) in [5.74, 6) is 0.573. The first kappa shape index (κ1) is 14.7. The number of hydrogen-bond acceptors (Lipinski definition) is 1. The van der Waals surface area contributed by atoms with E-state index in [1.807, 2.05) is 12.4 Å². The van der Waals surface area contributed by atoms with Crippen molar-refractivity contribution in [3.8, 4) is 0 Å². The lowest BCUT2D eigenvalue weighted by atomic mass is 9.95. The topological polar surface area (TPSA) is 12.9 Å². The van der Waals surface area contributed by atoms with E-state index in [1.54, 1.807) is 0 Å². The van der Waals surface area contributed by atoms with Crippen LogP contribution in [0, 0.1) is 0 Å². The Kier molecular flexibility index (Phi) is 7.50. The van der Waals surface area contributed by atoms with Gasteiger partial charge in [0, 0.05) is 17.2 Å². The van der Waals surface area contributed by atoms with Crippen LogP contribution in [0.4, 0.5) is 0 Å². The molecule has 17 heavy (non-hydrogen) atoms. The number of pyridine rings is 1. The molecular formula is C15H24BrN. The maximum Gasteiger partial charge on any atom is 0.0270 e. The van der Waals surface area contributed by atoms with Crippen LogP contribution in [0.15, 0.2) is 24.5 Å². The van der Waals surface area contributed by atoms with Crippen molar-refractivity contribution < 1.29 is 0 Å². The van der Waals surface area contributed by atoms with Crippen molar-refractivity contribution in [1.82, 2.24) is 4.98 Å². The smallest absolute Gasteiger partial charge is 0.0270 e. The van der Waals surface area contributed by atoms with E-state index in [9.17, 15) is 0 Å². The first-order valence-corrected chi connectivity index (χ1v) is 7.71. The van der Waals surface area contributed by atoms with Gasteiger partial charge in [0.15, 0.2) is 0 Å². The fourth-order valence-electron chi connectivity index (χ4n) is 2.07. The van der Waals surface area contributed by atoms with Crippen LogP contribution < -0.4 is 0 Å². The predicted molar refractivity (Wildman–Crippen MR) is 78.7 cm³/mol. The molecule has 0 aliphatic carbocycles. The fourth-order valence-corrected chi connectivity index (χ4v) is 2.70. The number of alkyl halides is 1. The van der Waals surface area contributed by atoms with E-state index in [2.05, 4.69) is 46.9 Å². The lowest BCUT2D eigenvalue weighted by molar-refractivity contribution is 0.571. The van der Waals surface area contributed by atoms with Crippen LogP contribution in [0.25, 0.3) is 0 Å². The maximum atomic E-state index is 4.07. The molecule has 0 radical (unpaired) electrons. The predicted octanol–water partition coefficient (Wildman–Crippen LogP) is 5.31. The minimum Gasteiger partial charge on any atom is -0.265 e. The zero-order valence-corrected chi connectivity index (χ0v) is 12.6. The first-order chi connectivity index (χ1) is 8.25. The van der Waals surface area contributed by atoms with E-state index in [1.165, 1.54) is 44.1 Å². The summed E-state index contributed by atoms with van der Waals surface area (Å²) < 4.78 is 0. The van der Waals surface area contributed by atoms with E-state index in [0.717, 1.165) is 0 Å². The SMILES string of the molecule is CCCCCCCC(Br)C(C)c1ccncc1. The molecule has 0 saturated carbocycles. The summed E-state index contributed by atoms with van der Waals surface area (Å²) in [6.45, 7) is 4.56. The van der Waals surface area contributed by atoms with Gasteiger partial charge in [-0.1, -0.05) is 61.9 Å². The Morgan fingerprint density at radius 3 is 2.41 bits per heavy atom. The Morgan fingerprint density at radius 1 is 1.12 bits per heavy atom. The van der Waals surface area contributed by atoms with Gasteiger partial charge in [0.1, 0.15) is 0 Å². The standard InChI is InChI=1S/C15H24BrN/c1-3-4-5-6-7-8-15(16)13(2)14-9-11-17-12-10-14/h9-13,15H,3-8H2,1-2H3. The molecule has 0 aliphatic rings.